The Morgan fingerprint density at radius 2 is 0.772 bits per heavy atom. The number of hydrogen-bond donors (Lipinski definition) is 0. The van der Waals surface area contributed by atoms with Gasteiger partial charge in [0.15, 0.2) is 0 Å². The average Bonchev–Trinajstić information content (AvgIpc) is 3.40. The molecule has 0 spiro atoms. The van der Waals surface area contributed by atoms with Crippen molar-refractivity contribution in [1.29, 1.82) is 0 Å². The van der Waals surface area contributed by atoms with Crippen molar-refractivity contribution < 1.29 is 49.0 Å². The Balaban J connectivity index is 0.000000427. The predicted octanol–water partition coefficient (Wildman–Crippen LogP) is 22.8. The topological polar surface area (TPSA) is 55.4 Å². The first-order valence-electron chi connectivity index (χ1n) is 27.6. The molecule has 4 aliphatic heterocycles. The van der Waals surface area contributed by atoms with Crippen LogP contribution in [0.1, 0.15) is 217 Å². The second kappa shape index (κ2) is 36.1. The van der Waals surface area contributed by atoms with Crippen LogP contribution in [0, 0.1) is 6.92 Å². The minimum absolute atomic E-state index is 0.00795. The number of ether oxygens (including phenoxy) is 6. The molecule has 0 N–H and O–H groups in total. The Morgan fingerprint density at radius 3 is 1.01 bits per heavy atom. The molecule has 6 nitrogen and oxygen atoms in total. The summed E-state index contributed by atoms with van der Waals surface area (Å²) in [4.78, 5) is 0. The third kappa shape index (κ3) is 22.0. The molecule has 8 rings (SSSR count). The third-order valence-corrected chi connectivity index (χ3v) is 16.0. The molecule has 79 heavy (non-hydrogen) atoms. The van der Waals surface area contributed by atoms with Gasteiger partial charge in [-0.05, 0) is 179 Å². The molecule has 0 saturated heterocycles. The molecule has 4 bridgehead atoms. The fourth-order valence-corrected chi connectivity index (χ4v) is 10.8. The van der Waals surface area contributed by atoms with Crippen LogP contribution in [0.15, 0.2) is 70.6 Å². The van der Waals surface area contributed by atoms with Gasteiger partial charge in [0.05, 0.1) is 39.7 Å². The summed E-state index contributed by atoms with van der Waals surface area (Å²) in [5.74, 6) is 6.36. The van der Waals surface area contributed by atoms with Crippen molar-refractivity contribution in [3.05, 3.63) is 133 Å². The van der Waals surface area contributed by atoms with Crippen LogP contribution in [-0.2, 0) is 58.8 Å². The number of unbranched alkanes of at least 4 members (excludes halogenated alkanes) is 4. The molecule has 4 atom stereocenters. The number of aryl methyl sites for hydroxylation is 2. The van der Waals surface area contributed by atoms with Gasteiger partial charge in [-0.2, -0.15) is 6.42 Å². The molecule has 0 amide bonds. The van der Waals surface area contributed by atoms with Crippen molar-refractivity contribution in [2.45, 2.75) is 194 Å². The Kier molecular flexibility index (Phi) is 33.4. The summed E-state index contributed by atoms with van der Waals surface area (Å²) >= 11 is 36.0. The maximum atomic E-state index is 9.96. The Hall–Kier alpha value is -0.127. The van der Waals surface area contributed by atoms with Gasteiger partial charge in [0, 0.05) is 23.5 Å². The molecular formula is C63H87Br2Cl4FI2O6Zn. The molecular weight excluding hydrogens is 1490 g/mol. The number of fused-ring (bicyclic) bond motifs is 12. The van der Waals surface area contributed by atoms with Crippen molar-refractivity contribution >= 4 is 121 Å². The first kappa shape index (κ1) is 73.1. The molecule has 0 radical (unpaired) electrons. The zero-order valence-corrected chi connectivity index (χ0v) is 62.4. The number of rotatable bonds is 13. The van der Waals surface area contributed by atoms with Crippen molar-refractivity contribution in [3.63, 3.8) is 0 Å². The molecule has 4 aromatic rings. The summed E-state index contributed by atoms with van der Waals surface area (Å²) in [5, 5.41) is 0. The van der Waals surface area contributed by atoms with E-state index in [1.165, 1.54) is 65.4 Å². The second-order valence-electron chi connectivity index (χ2n) is 23.2. The Labute approximate surface area is 549 Å². The van der Waals surface area contributed by atoms with Gasteiger partial charge in [-0.1, -0.05) is 124 Å². The van der Waals surface area contributed by atoms with E-state index in [1.54, 1.807) is 0 Å². The Morgan fingerprint density at radius 1 is 0.506 bits per heavy atom. The van der Waals surface area contributed by atoms with Crippen LogP contribution in [0.5, 0.6) is 23.0 Å². The zero-order chi connectivity index (χ0) is 60.8. The van der Waals surface area contributed by atoms with E-state index in [9.17, 15) is 4.39 Å². The van der Waals surface area contributed by atoms with E-state index in [-0.39, 0.29) is 21.7 Å². The number of benzene rings is 4. The quantitative estimate of drug-likeness (QED) is 0.0332. The van der Waals surface area contributed by atoms with Gasteiger partial charge >= 0.3 is 34.5 Å². The van der Waals surface area contributed by atoms with Gasteiger partial charge in [-0.15, -0.1) is 59.6 Å². The molecule has 0 aromatic heterocycles. The van der Waals surface area contributed by atoms with Crippen LogP contribution >= 0.6 is 121 Å². The van der Waals surface area contributed by atoms with Gasteiger partial charge in [-0.25, -0.2) is 0 Å². The minimum atomic E-state index is -1.00. The molecule has 0 saturated carbocycles. The standard InChI is InChI=1S/C30H40Cl2O3.C22H24Br2O3.C4H8ClI.C4H8Cl.C2H4.CH3F.HI.Zn/c1-29(2,3)21-15-19(11-7-9-13-31)25-23(17-21)27-34-26-20(12-8-10-14-32)16-22(30(4,5)6)18-24(26)28(33-25)35-27;1-21(2,3)11-7-13-17(15(23)9-11)25-20-14-8-12(22(4,5)6)10-16(24)18(14)26-19(13)27-20;5-3-1-2-4-6;1-2-3-4-5;2*1-2;;/h15-18,27-28H,7-14H2,1-6H3;7-10,19-20H,1-6H3;1-4H2;1-4H2;1-2H2;1H3;1H;/q;;;-1;;;;+2/p-1/i;;;;;1D;;. The summed E-state index contributed by atoms with van der Waals surface area (Å²) in [7, 11) is -1.00. The summed E-state index contributed by atoms with van der Waals surface area (Å²) in [5.41, 5.74) is 11.3. The van der Waals surface area contributed by atoms with Gasteiger partial charge in [0.1, 0.15) is 23.0 Å². The zero-order valence-electron chi connectivity index (χ0n) is 49.9. The number of alkyl halides is 6. The summed E-state index contributed by atoms with van der Waals surface area (Å²) in [6.07, 6.45) is 8.41. The number of hydrogen-bond acceptors (Lipinski definition) is 6. The van der Waals surface area contributed by atoms with E-state index in [0.29, 0.717) is 11.8 Å². The molecule has 4 aromatic carbocycles. The van der Waals surface area contributed by atoms with Crippen molar-refractivity contribution in [1.82, 2.24) is 0 Å². The maximum absolute atomic E-state index is 9.96. The SMILES string of the molecule is C=C.CC(C)(C)c1cc(Br)c2c(c1)C1Oc3c(Br)cc(C(C)(C)C)cc3C(O2)O1.CC(C)(C)c1cc(CCCCCl)c2c(c1)C1Oc3c(CCCCCl)cc(C(C)(C)C)cc3C(O2)O1.ClCCCCI.[2H]CF.[CH2-]CCCCl.[Zn+][I]. The summed E-state index contributed by atoms with van der Waals surface area (Å²) in [6, 6.07) is 17.5. The molecule has 440 valence electrons. The van der Waals surface area contributed by atoms with Crippen LogP contribution in [0.25, 0.3) is 0 Å². The fraction of sp³-hybridized carbons (Fsp3) is 0.571. The van der Waals surface area contributed by atoms with Crippen molar-refractivity contribution in [2.75, 3.05) is 35.1 Å². The normalized spacial score (nSPS) is 17.2. The van der Waals surface area contributed by atoms with Gasteiger partial charge < -0.3 is 25.9 Å². The first-order chi connectivity index (χ1) is 37.7. The van der Waals surface area contributed by atoms with Crippen LogP contribution in [-0.4, -0.2) is 35.1 Å². The monoisotopic (exact) mass is 1580 g/mol. The molecule has 4 heterocycles. The van der Waals surface area contributed by atoms with Crippen LogP contribution in [0.2, 0.25) is 0 Å². The van der Waals surface area contributed by atoms with Crippen LogP contribution in [0.4, 0.5) is 4.39 Å². The first-order valence-corrected chi connectivity index (χ1v) is 41.2. The number of halogens is 9. The van der Waals surface area contributed by atoms with Gasteiger partial charge in [0.2, 0.25) is 25.2 Å². The molecule has 4 aliphatic rings. The van der Waals surface area contributed by atoms with Crippen LogP contribution < -0.4 is 18.9 Å². The summed E-state index contributed by atoms with van der Waals surface area (Å²) in [6.45, 7) is 36.2. The van der Waals surface area contributed by atoms with Crippen LogP contribution in [0.3, 0.4) is 0 Å². The Bertz CT molecular complexity index is 2340. The molecule has 4 unspecified atom stereocenters. The van der Waals surface area contributed by atoms with Crippen molar-refractivity contribution in [3.8, 4) is 23.0 Å². The molecule has 16 heteroatoms. The van der Waals surface area contributed by atoms with E-state index >= 15 is 0 Å². The predicted molar refractivity (Wildman–Crippen MR) is 355 cm³/mol. The third-order valence-electron chi connectivity index (χ3n) is 13.0. The van der Waals surface area contributed by atoms with E-state index in [1.807, 2.05) is 0 Å². The van der Waals surface area contributed by atoms with E-state index in [4.69, 9.17) is 76.2 Å². The van der Waals surface area contributed by atoms with E-state index < -0.39 is 32.3 Å². The van der Waals surface area contributed by atoms with E-state index in [0.717, 1.165) is 117 Å². The fourth-order valence-electron chi connectivity index (χ4n) is 8.41. The molecule has 0 fully saturated rings. The molecule has 0 aliphatic carbocycles. The van der Waals surface area contributed by atoms with E-state index in [2.05, 4.69) is 226 Å². The second-order valence-corrected chi connectivity index (χ2v) is 27.5. The van der Waals surface area contributed by atoms with Crippen molar-refractivity contribution in [2.24, 2.45) is 0 Å². The average molecular weight is 1580 g/mol. The van der Waals surface area contributed by atoms with Gasteiger partial charge in [0.25, 0.3) is 0 Å². The van der Waals surface area contributed by atoms with Gasteiger partial charge in [-0.3, -0.25) is 13.9 Å². The summed E-state index contributed by atoms with van der Waals surface area (Å²) < 4.78 is 57.0.